The second-order valence-corrected chi connectivity index (χ2v) is 0.374. The molecule has 0 aromatic carbocycles. The van der Waals surface area contributed by atoms with Gasteiger partial charge in [-0.1, -0.05) is 0 Å². The van der Waals surface area contributed by atoms with E-state index in [0.29, 0.717) is 0 Å². The lowest BCUT2D eigenvalue weighted by Crippen LogP contribution is -2.07. The van der Waals surface area contributed by atoms with Crippen LogP contribution in [0.1, 0.15) is 0 Å². The highest BCUT2D eigenvalue weighted by atomic mass is 16.5. The second-order valence-electron chi connectivity index (χ2n) is 0.374. The van der Waals surface area contributed by atoms with Crippen LogP contribution in [0.25, 0.3) is 0 Å². The Labute approximate surface area is 23.7 Å². The Morgan fingerprint density at radius 1 is 1.50 bits per heavy atom. The van der Waals surface area contributed by atoms with Gasteiger partial charge in [-0.25, -0.2) is 0 Å². The third kappa shape index (κ3) is 573. The molecule has 0 unspecified atom stereocenters. The van der Waals surface area contributed by atoms with Crippen LogP contribution in [0, 0.1) is 0 Å². The summed E-state index contributed by atoms with van der Waals surface area (Å²) in [5.74, 6) is 0. The molecule has 25 valence electrons. The lowest BCUT2D eigenvalue weighted by Gasteiger charge is -1.83. The Kier molecular flexibility index (Phi) is 1.27. The Morgan fingerprint density at radius 3 is 1.50 bits per heavy atom. The molecule has 0 saturated heterocycles. The van der Waals surface area contributed by atoms with Crippen molar-refractivity contribution in [1.29, 1.82) is 0 Å². The molecule has 0 bridgehead atoms. The van der Waals surface area contributed by atoms with E-state index in [1.54, 1.807) is 0 Å². The van der Waals surface area contributed by atoms with Crippen molar-refractivity contribution >= 4 is 7.32 Å². The van der Waals surface area contributed by atoms with Crippen molar-refractivity contribution in [3.8, 4) is 0 Å². The second kappa shape index (κ2) is 1.28. The highest BCUT2D eigenvalue weighted by Gasteiger charge is 1.82. The molecule has 3 nitrogen and oxygen atoms in total. The average Bonchev–Trinajstić information content (AvgIpc) is 0.811. The molecule has 4 N–H and O–H groups in total. The van der Waals surface area contributed by atoms with Crippen molar-refractivity contribution in [3.05, 3.63) is 0 Å². The maximum atomic E-state index is 7.28. The zero-order valence-corrected chi connectivity index (χ0v) is 1.97. The van der Waals surface area contributed by atoms with Crippen LogP contribution < -0.4 is 0 Å². The van der Waals surface area contributed by atoms with E-state index >= 15 is 0 Å². The molecule has 0 saturated carbocycles. The van der Waals surface area contributed by atoms with Gasteiger partial charge in [0.05, 0.1) is 0 Å². The average molecular weight is 62.8 g/mol. The first-order chi connectivity index (χ1) is 1.73. The molecule has 0 fully saturated rings. The molecule has 0 aliphatic carbocycles. The summed E-state index contributed by atoms with van der Waals surface area (Å²) < 4.78 is 0. The van der Waals surface area contributed by atoms with E-state index in [4.69, 9.17) is 15.1 Å². The third-order valence-electron chi connectivity index (χ3n) is 0. The van der Waals surface area contributed by atoms with Gasteiger partial charge in [-0.3, -0.25) is 0 Å². The predicted octanol–water partition coefficient (Wildman–Crippen LogP) is -2.32. The van der Waals surface area contributed by atoms with Crippen LogP contribution in [0.4, 0.5) is 0 Å². The largest absolute Gasteiger partial charge is 0.662 e. The molecular formula is H4BO3. The molecular weight excluding hydrogens is 58.8 g/mol. The van der Waals surface area contributed by atoms with Gasteiger partial charge in [-0.2, -0.15) is 0 Å². The fourth-order valence-electron chi connectivity index (χ4n) is 0. The fraction of sp³-hybridized carbons (Fsp3) is 0. The van der Waals surface area contributed by atoms with Gasteiger partial charge in [-0.15, -0.1) is 0 Å². The van der Waals surface area contributed by atoms with Crippen molar-refractivity contribution in [1.82, 2.24) is 0 Å². The van der Waals surface area contributed by atoms with Gasteiger partial charge in [0.15, 0.2) is 0 Å². The predicted molar refractivity (Wildman–Crippen MR) is 13.8 cm³/mol. The quantitative estimate of drug-likeness (QED) is 0.245. The van der Waals surface area contributed by atoms with E-state index in [2.05, 4.69) is 0 Å². The molecule has 4 heteroatoms. The summed E-state index contributed by atoms with van der Waals surface area (Å²) in [5.41, 5.74) is 0. The summed E-state index contributed by atoms with van der Waals surface area (Å²) in [4.78, 5) is 0. The minimum atomic E-state index is -1.92. The highest BCUT2D eigenvalue weighted by molar-refractivity contribution is 6.30. The molecule has 0 heterocycles. The number of hydrogen-bond acceptors (Lipinski definition) is 2. The molecule has 0 amide bonds. The Morgan fingerprint density at radius 2 is 1.50 bits per heavy atom. The third-order valence-corrected chi connectivity index (χ3v) is 0. The van der Waals surface area contributed by atoms with Crippen LogP contribution in [-0.2, 0) is 0 Å². The summed E-state index contributed by atoms with van der Waals surface area (Å²) in [6, 6.07) is 0. The number of hydrogen-bond donors (Lipinski definition) is 2. The van der Waals surface area contributed by atoms with Gasteiger partial charge in [0.25, 0.3) is 0 Å². The topological polar surface area (TPSA) is 63.4 Å². The van der Waals surface area contributed by atoms with Gasteiger partial charge in [0, 0.05) is 0 Å². The lowest BCUT2D eigenvalue weighted by molar-refractivity contribution is 0.278. The first-order valence-electron chi connectivity index (χ1n) is 0.805. The molecule has 0 aliphatic rings. The monoisotopic (exact) mass is 63.0 g/mol. The van der Waals surface area contributed by atoms with Gasteiger partial charge < -0.3 is 15.1 Å². The van der Waals surface area contributed by atoms with E-state index in [0.717, 1.165) is 0 Å². The van der Waals surface area contributed by atoms with Crippen LogP contribution in [-0.4, -0.2) is 22.4 Å². The smallest absolute Gasteiger partial charge is 0.566 e. The van der Waals surface area contributed by atoms with Gasteiger partial charge >= 0.3 is 7.32 Å². The minimum absolute atomic E-state index is 1.92. The van der Waals surface area contributed by atoms with Gasteiger partial charge in [-0.05, 0) is 0 Å². The van der Waals surface area contributed by atoms with Crippen molar-refractivity contribution in [2.24, 2.45) is 0 Å². The van der Waals surface area contributed by atoms with Crippen molar-refractivity contribution in [2.45, 2.75) is 0 Å². The zero-order valence-electron chi connectivity index (χ0n) is 1.97. The van der Waals surface area contributed by atoms with E-state index in [1.807, 2.05) is 0 Å². The number of rotatable bonds is 0. The standard InChI is InChI=1S/BH4O3/c2-1(3)4/h2-3H,4H2. The van der Waals surface area contributed by atoms with Crippen LogP contribution in [0.2, 0.25) is 0 Å². The van der Waals surface area contributed by atoms with E-state index in [1.165, 1.54) is 0 Å². The first kappa shape index (κ1) is 3.94. The van der Waals surface area contributed by atoms with Crippen molar-refractivity contribution in [3.63, 3.8) is 0 Å². The SMILES string of the molecule is O[B-](O)[OH2+]. The van der Waals surface area contributed by atoms with Crippen molar-refractivity contribution < 1.29 is 15.1 Å². The van der Waals surface area contributed by atoms with Gasteiger partial charge in [0.1, 0.15) is 0 Å². The van der Waals surface area contributed by atoms with Crippen LogP contribution >= 0.6 is 0 Å². The molecule has 0 rings (SSSR count). The van der Waals surface area contributed by atoms with Gasteiger partial charge in [0.2, 0.25) is 0 Å². The van der Waals surface area contributed by atoms with Crippen LogP contribution in [0.3, 0.4) is 0 Å². The van der Waals surface area contributed by atoms with Crippen LogP contribution in [0.15, 0.2) is 0 Å². The zero-order chi connectivity index (χ0) is 3.58. The summed E-state index contributed by atoms with van der Waals surface area (Å²) in [6.45, 7) is 0. The minimum Gasteiger partial charge on any atom is -0.662 e. The summed E-state index contributed by atoms with van der Waals surface area (Å²) in [7, 11) is -1.92. The van der Waals surface area contributed by atoms with Crippen molar-refractivity contribution in [2.75, 3.05) is 0 Å². The molecule has 0 aromatic rings. The highest BCUT2D eigenvalue weighted by Crippen LogP contribution is 1.40. The van der Waals surface area contributed by atoms with Crippen LogP contribution in [0.5, 0.6) is 0 Å². The van der Waals surface area contributed by atoms with E-state index in [9.17, 15) is 0 Å². The first-order valence-corrected chi connectivity index (χ1v) is 0.805. The molecule has 0 aliphatic heterocycles. The lowest BCUT2D eigenvalue weighted by atomic mass is 10.3. The Bertz CT molecular complexity index is 8.00. The fourth-order valence-corrected chi connectivity index (χ4v) is 0. The maximum Gasteiger partial charge on any atom is 0.566 e. The summed E-state index contributed by atoms with van der Waals surface area (Å²) in [5, 5.41) is 20.2. The molecule has 0 aromatic heterocycles. The molecule has 4 heavy (non-hydrogen) atoms. The summed E-state index contributed by atoms with van der Waals surface area (Å²) in [6.07, 6.45) is 0. The molecule has 0 atom stereocenters. The Hall–Kier alpha value is -0.0551. The molecule has 1 radical (unpaired) electrons. The maximum absolute atomic E-state index is 7.28. The van der Waals surface area contributed by atoms with E-state index in [-0.39, 0.29) is 0 Å². The van der Waals surface area contributed by atoms with E-state index < -0.39 is 7.32 Å². The normalized spacial score (nSPS) is 9.00. The Balaban J connectivity index is 2.32. The summed E-state index contributed by atoms with van der Waals surface area (Å²) >= 11 is 0. The molecule has 0 spiro atoms.